The Labute approximate surface area is 213 Å². The number of ether oxygens (including phenoxy) is 2. The first kappa shape index (κ1) is 25.8. The van der Waals surface area contributed by atoms with Crippen molar-refractivity contribution in [2.45, 2.75) is 77.5 Å². The molecule has 1 aromatic heterocycles. The van der Waals surface area contributed by atoms with Crippen LogP contribution in [0.5, 0.6) is 0 Å². The summed E-state index contributed by atoms with van der Waals surface area (Å²) in [5.41, 5.74) is 4.79. The van der Waals surface area contributed by atoms with E-state index >= 15 is 0 Å². The van der Waals surface area contributed by atoms with Crippen LogP contribution in [0.4, 0.5) is 4.79 Å². The van der Waals surface area contributed by atoms with Crippen molar-refractivity contribution in [3.8, 4) is 0 Å². The van der Waals surface area contributed by atoms with Gasteiger partial charge in [-0.05, 0) is 81.5 Å². The van der Waals surface area contributed by atoms with Crippen LogP contribution < -0.4 is 5.32 Å². The molecule has 3 aromatic rings. The summed E-state index contributed by atoms with van der Waals surface area (Å²) in [5, 5.41) is 17.2. The maximum Gasteiger partial charge on any atom is 0.407 e. The summed E-state index contributed by atoms with van der Waals surface area (Å²) in [5.74, 6) is 1.21. The third kappa shape index (κ3) is 7.13. The Kier molecular flexibility index (Phi) is 8.36. The largest absolute Gasteiger partial charge is 0.444 e. The number of nitrogens with one attached hydrogen (secondary N) is 2. The van der Waals surface area contributed by atoms with E-state index in [0.29, 0.717) is 24.8 Å². The second-order valence-corrected chi connectivity index (χ2v) is 10.5. The van der Waals surface area contributed by atoms with Crippen molar-refractivity contribution in [3.05, 3.63) is 76.6 Å². The standard InChI is InChI=1S/C28H37N5O3/c1-19(18-35-20(2)25-12-8-7-9-22(25)13-14-26-30-32-33-31-26)36-27(34)29-28(3,4)17-21-15-23-10-5-6-11-24(23)16-21/h5-12,19-21H,13-18H2,1-4H3,(H,29,34)(H,30,31,32,33). The lowest BCUT2D eigenvalue weighted by molar-refractivity contribution is -0.00686. The molecular formula is C28H37N5O3. The fraction of sp³-hybridized carbons (Fsp3) is 0.500. The molecule has 8 nitrogen and oxygen atoms in total. The van der Waals surface area contributed by atoms with Crippen molar-refractivity contribution >= 4 is 6.09 Å². The van der Waals surface area contributed by atoms with E-state index in [9.17, 15) is 4.79 Å². The highest BCUT2D eigenvalue weighted by atomic mass is 16.6. The van der Waals surface area contributed by atoms with Crippen LogP contribution in [0.1, 0.15) is 68.3 Å². The monoisotopic (exact) mass is 491 g/mol. The molecule has 0 aliphatic heterocycles. The van der Waals surface area contributed by atoms with Crippen molar-refractivity contribution in [2.24, 2.45) is 5.92 Å². The SMILES string of the molecule is CC(COC(C)c1ccccc1CCc1nn[nH]n1)OC(=O)NC(C)(C)CC1Cc2ccccc2C1. The fourth-order valence-electron chi connectivity index (χ4n) is 5.15. The molecule has 2 N–H and O–H groups in total. The fourth-order valence-corrected chi connectivity index (χ4v) is 5.15. The zero-order valence-corrected chi connectivity index (χ0v) is 21.7. The number of carbonyl (C=O) groups is 1. The number of amides is 1. The van der Waals surface area contributed by atoms with Crippen LogP contribution in [0, 0.1) is 5.92 Å². The number of rotatable bonds is 11. The average molecular weight is 492 g/mol. The first-order valence-corrected chi connectivity index (χ1v) is 12.8. The molecule has 0 spiro atoms. The number of carbonyl (C=O) groups excluding carboxylic acids is 1. The van der Waals surface area contributed by atoms with Gasteiger partial charge in [0.25, 0.3) is 0 Å². The molecule has 2 atom stereocenters. The summed E-state index contributed by atoms with van der Waals surface area (Å²) in [7, 11) is 0. The molecule has 2 aromatic carbocycles. The van der Waals surface area contributed by atoms with E-state index < -0.39 is 6.09 Å². The Morgan fingerprint density at radius 2 is 1.78 bits per heavy atom. The first-order valence-electron chi connectivity index (χ1n) is 12.8. The minimum atomic E-state index is -0.403. The van der Waals surface area contributed by atoms with Crippen molar-refractivity contribution < 1.29 is 14.3 Å². The van der Waals surface area contributed by atoms with Gasteiger partial charge in [0.1, 0.15) is 6.10 Å². The Morgan fingerprint density at radius 1 is 1.08 bits per heavy atom. The summed E-state index contributed by atoms with van der Waals surface area (Å²) in [6.45, 7) is 8.31. The number of fused-ring (bicyclic) bond motifs is 1. The molecule has 36 heavy (non-hydrogen) atoms. The topological polar surface area (TPSA) is 102 Å². The molecule has 1 aliphatic carbocycles. The molecule has 4 rings (SSSR count). The number of alkyl carbamates (subject to hydrolysis) is 1. The Hall–Kier alpha value is -3.26. The van der Waals surface area contributed by atoms with Gasteiger partial charge >= 0.3 is 6.09 Å². The summed E-state index contributed by atoms with van der Waals surface area (Å²) >= 11 is 0. The lowest BCUT2D eigenvalue weighted by Gasteiger charge is -2.29. The number of H-pyrrole nitrogens is 1. The molecule has 0 bridgehead atoms. The molecule has 1 amide bonds. The maximum absolute atomic E-state index is 12.6. The first-order chi connectivity index (χ1) is 17.3. The number of aromatic amines is 1. The molecule has 0 radical (unpaired) electrons. The van der Waals surface area contributed by atoms with Crippen LogP contribution in [0.3, 0.4) is 0 Å². The molecule has 1 aliphatic rings. The second-order valence-electron chi connectivity index (χ2n) is 10.5. The molecule has 2 unspecified atom stereocenters. The van der Waals surface area contributed by atoms with Crippen LogP contribution in [-0.2, 0) is 35.2 Å². The van der Waals surface area contributed by atoms with Gasteiger partial charge in [-0.2, -0.15) is 5.21 Å². The summed E-state index contributed by atoms with van der Waals surface area (Å²) in [6, 6.07) is 16.8. The lowest BCUT2D eigenvalue weighted by Crippen LogP contribution is -2.46. The summed E-state index contributed by atoms with van der Waals surface area (Å²) < 4.78 is 11.7. The molecule has 0 saturated heterocycles. The van der Waals surface area contributed by atoms with Crippen molar-refractivity contribution in [1.29, 1.82) is 0 Å². The molecule has 0 saturated carbocycles. The van der Waals surface area contributed by atoms with Crippen molar-refractivity contribution in [3.63, 3.8) is 0 Å². The van der Waals surface area contributed by atoms with E-state index in [1.807, 2.05) is 26.0 Å². The molecule has 192 valence electrons. The van der Waals surface area contributed by atoms with Gasteiger partial charge in [0.05, 0.1) is 12.7 Å². The van der Waals surface area contributed by atoms with Crippen molar-refractivity contribution in [1.82, 2.24) is 25.9 Å². The van der Waals surface area contributed by atoms with Crippen LogP contribution >= 0.6 is 0 Å². The van der Waals surface area contributed by atoms with Crippen LogP contribution in [-0.4, -0.2) is 45.0 Å². The Bertz CT molecular complexity index is 1110. The Morgan fingerprint density at radius 3 is 2.47 bits per heavy atom. The summed E-state index contributed by atoms with van der Waals surface area (Å²) in [6.07, 6.45) is 3.61. The van der Waals surface area contributed by atoms with E-state index in [2.05, 4.69) is 76.2 Å². The van der Waals surface area contributed by atoms with Crippen LogP contribution in [0.2, 0.25) is 0 Å². The van der Waals surface area contributed by atoms with E-state index in [-0.39, 0.29) is 17.7 Å². The zero-order chi connectivity index (χ0) is 25.5. The highest BCUT2D eigenvalue weighted by molar-refractivity contribution is 5.68. The highest BCUT2D eigenvalue weighted by Crippen LogP contribution is 2.32. The molecule has 1 heterocycles. The predicted octanol–water partition coefficient (Wildman–Crippen LogP) is 4.76. The van der Waals surface area contributed by atoms with Gasteiger partial charge in [0, 0.05) is 12.0 Å². The van der Waals surface area contributed by atoms with Gasteiger partial charge in [0.2, 0.25) is 0 Å². The second kappa shape index (κ2) is 11.6. The lowest BCUT2D eigenvalue weighted by atomic mass is 9.89. The van der Waals surface area contributed by atoms with Crippen LogP contribution in [0.25, 0.3) is 0 Å². The van der Waals surface area contributed by atoms with Gasteiger partial charge < -0.3 is 14.8 Å². The smallest absolute Gasteiger partial charge is 0.407 e. The third-order valence-electron chi connectivity index (χ3n) is 6.76. The number of tetrazole rings is 1. The Balaban J connectivity index is 1.21. The quantitative estimate of drug-likeness (QED) is 0.401. The molecular weight excluding hydrogens is 454 g/mol. The summed E-state index contributed by atoms with van der Waals surface area (Å²) in [4.78, 5) is 12.6. The predicted molar refractivity (Wildman–Crippen MR) is 138 cm³/mol. The van der Waals surface area contributed by atoms with E-state index in [4.69, 9.17) is 9.47 Å². The number of hydrogen-bond acceptors (Lipinski definition) is 6. The van der Waals surface area contributed by atoms with Gasteiger partial charge in [-0.25, -0.2) is 4.79 Å². The number of aryl methyl sites for hydroxylation is 2. The molecule has 0 fully saturated rings. The zero-order valence-electron chi connectivity index (χ0n) is 21.7. The van der Waals surface area contributed by atoms with E-state index in [0.717, 1.165) is 31.2 Å². The van der Waals surface area contributed by atoms with Gasteiger partial charge in [-0.1, -0.05) is 53.7 Å². The third-order valence-corrected chi connectivity index (χ3v) is 6.76. The van der Waals surface area contributed by atoms with Crippen molar-refractivity contribution in [2.75, 3.05) is 6.61 Å². The molecule has 8 heteroatoms. The highest BCUT2D eigenvalue weighted by Gasteiger charge is 2.30. The number of hydrogen-bond donors (Lipinski definition) is 2. The van der Waals surface area contributed by atoms with E-state index in [1.54, 1.807) is 0 Å². The minimum Gasteiger partial charge on any atom is -0.444 e. The van der Waals surface area contributed by atoms with Gasteiger partial charge in [0.15, 0.2) is 5.82 Å². The number of nitrogens with zero attached hydrogens (tertiary/aromatic N) is 3. The number of aromatic nitrogens is 4. The van der Waals surface area contributed by atoms with Crippen LogP contribution in [0.15, 0.2) is 48.5 Å². The average Bonchev–Trinajstić information content (AvgIpc) is 3.49. The number of benzene rings is 2. The van der Waals surface area contributed by atoms with Gasteiger partial charge in [-0.15, -0.1) is 10.2 Å². The normalized spacial score (nSPS) is 15.3. The maximum atomic E-state index is 12.6. The minimum absolute atomic E-state index is 0.138. The van der Waals surface area contributed by atoms with Gasteiger partial charge in [-0.3, -0.25) is 0 Å². The van der Waals surface area contributed by atoms with E-state index in [1.165, 1.54) is 16.7 Å².